The molecule has 1 saturated heterocycles. The molecule has 22 heavy (non-hydrogen) atoms. The smallest absolute Gasteiger partial charge is 0.275 e. The highest BCUT2D eigenvalue weighted by atomic mass is 32.1. The number of aryl methyl sites for hydroxylation is 1. The van der Waals surface area contributed by atoms with E-state index in [0.717, 1.165) is 23.8 Å². The number of nitrogens with zero attached hydrogens (tertiary/aromatic N) is 4. The van der Waals surface area contributed by atoms with Crippen molar-refractivity contribution in [2.45, 2.75) is 32.4 Å². The van der Waals surface area contributed by atoms with Gasteiger partial charge in [-0.1, -0.05) is 17.4 Å². The van der Waals surface area contributed by atoms with Crippen LogP contribution in [0.2, 0.25) is 0 Å². The van der Waals surface area contributed by atoms with Gasteiger partial charge >= 0.3 is 0 Å². The Labute approximate surface area is 135 Å². The van der Waals surface area contributed by atoms with Gasteiger partial charge in [-0.3, -0.25) is 9.69 Å². The summed E-state index contributed by atoms with van der Waals surface area (Å²) in [6.07, 6.45) is 2.38. The molecule has 3 aromatic heterocycles. The lowest BCUT2D eigenvalue weighted by molar-refractivity contribution is 0.248. The van der Waals surface area contributed by atoms with Crippen LogP contribution in [0.5, 0.6) is 0 Å². The van der Waals surface area contributed by atoms with E-state index < -0.39 is 0 Å². The molecule has 0 aromatic carbocycles. The lowest BCUT2D eigenvalue weighted by atomic mass is 10.2. The minimum Gasteiger partial charge on any atom is -0.290 e. The van der Waals surface area contributed by atoms with Gasteiger partial charge in [0.1, 0.15) is 5.01 Å². The van der Waals surface area contributed by atoms with Crippen LogP contribution in [0, 0.1) is 6.92 Å². The van der Waals surface area contributed by atoms with Gasteiger partial charge in [0.05, 0.1) is 5.69 Å². The van der Waals surface area contributed by atoms with E-state index in [2.05, 4.69) is 32.5 Å². The molecule has 1 atom stereocenters. The summed E-state index contributed by atoms with van der Waals surface area (Å²) in [7, 11) is 0. The van der Waals surface area contributed by atoms with E-state index in [9.17, 15) is 4.79 Å². The lowest BCUT2D eigenvalue weighted by Crippen LogP contribution is -2.24. The first-order valence-corrected chi connectivity index (χ1v) is 9.04. The van der Waals surface area contributed by atoms with Crippen LogP contribution < -0.4 is 5.56 Å². The van der Waals surface area contributed by atoms with Gasteiger partial charge in [0.15, 0.2) is 0 Å². The number of likely N-dealkylation sites (tertiary alicyclic amines) is 1. The molecule has 1 aliphatic rings. The largest absolute Gasteiger partial charge is 0.290 e. The highest BCUT2D eigenvalue weighted by molar-refractivity contribution is 7.16. The molecule has 7 heteroatoms. The average Bonchev–Trinajstić information content (AvgIpc) is 3.17. The summed E-state index contributed by atoms with van der Waals surface area (Å²) >= 11 is 3.27. The van der Waals surface area contributed by atoms with E-state index in [1.54, 1.807) is 6.07 Å². The van der Waals surface area contributed by atoms with E-state index in [1.807, 2.05) is 18.3 Å². The fraction of sp³-hybridized carbons (Fsp3) is 0.400. The molecule has 114 valence electrons. The molecule has 0 N–H and O–H groups in total. The second-order valence-electron chi connectivity index (χ2n) is 5.55. The molecule has 5 nitrogen and oxygen atoms in total. The summed E-state index contributed by atoms with van der Waals surface area (Å²) < 4.78 is 1.39. The number of rotatable bonds is 3. The molecular formula is C15H16N4OS2. The summed E-state index contributed by atoms with van der Waals surface area (Å²) in [5.41, 5.74) is 0.758. The molecule has 4 rings (SSSR count). The summed E-state index contributed by atoms with van der Waals surface area (Å²) in [6, 6.07) is 6.39. The van der Waals surface area contributed by atoms with Crippen molar-refractivity contribution >= 4 is 27.6 Å². The summed E-state index contributed by atoms with van der Waals surface area (Å²) in [6.45, 7) is 3.68. The molecule has 0 spiro atoms. The second-order valence-corrected chi connectivity index (χ2v) is 7.68. The van der Waals surface area contributed by atoms with Gasteiger partial charge in [-0.05, 0) is 37.8 Å². The van der Waals surface area contributed by atoms with Crippen LogP contribution in [0.3, 0.4) is 0 Å². The maximum atomic E-state index is 12.1. The zero-order valence-corrected chi connectivity index (χ0v) is 13.9. The topological polar surface area (TPSA) is 50.5 Å². The van der Waals surface area contributed by atoms with Crippen LogP contribution in [0.15, 0.2) is 28.4 Å². The molecule has 0 bridgehead atoms. The number of fused-ring (bicyclic) bond motifs is 1. The van der Waals surface area contributed by atoms with Crippen LogP contribution in [-0.2, 0) is 6.54 Å². The average molecular weight is 332 g/mol. The van der Waals surface area contributed by atoms with E-state index >= 15 is 0 Å². The van der Waals surface area contributed by atoms with Crippen LogP contribution in [0.1, 0.15) is 34.5 Å². The van der Waals surface area contributed by atoms with Crippen molar-refractivity contribution in [2.24, 2.45) is 0 Å². The Balaban J connectivity index is 1.64. The predicted molar refractivity (Wildman–Crippen MR) is 88.6 cm³/mol. The Hall–Kier alpha value is -1.57. The van der Waals surface area contributed by atoms with Crippen molar-refractivity contribution in [3.63, 3.8) is 0 Å². The highest BCUT2D eigenvalue weighted by Gasteiger charge is 2.27. The van der Waals surface area contributed by atoms with E-state index in [0.29, 0.717) is 11.0 Å². The monoisotopic (exact) mass is 332 g/mol. The third kappa shape index (κ3) is 2.49. The minimum atomic E-state index is -0.0868. The third-order valence-electron chi connectivity index (χ3n) is 4.00. The molecule has 0 radical (unpaired) electrons. The first-order valence-electron chi connectivity index (χ1n) is 7.34. The highest BCUT2D eigenvalue weighted by Crippen LogP contribution is 2.35. The molecule has 1 fully saturated rings. The normalized spacial score (nSPS) is 19.2. The first-order chi connectivity index (χ1) is 10.7. The molecule has 0 amide bonds. The van der Waals surface area contributed by atoms with Crippen molar-refractivity contribution < 1.29 is 0 Å². The van der Waals surface area contributed by atoms with Crippen LogP contribution in [0.25, 0.3) is 4.96 Å². The predicted octanol–water partition coefficient (Wildman–Crippen LogP) is 2.86. The Kier molecular flexibility index (Phi) is 3.56. The molecule has 4 heterocycles. The van der Waals surface area contributed by atoms with Gasteiger partial charge < -0.3 is 0 Å². The van der Waals surface area contributed by atoms with Gasteiger partial charge in [0.25, 0.3) is 5.56 Å². The Morgan fingerprint density at radius 2 is 2.36 bits per heavy atom. The lowest BCUT2D eigenvalue weighted by Gasteiger charge is -2.22. The third-order valence-corrected chi connectivity index (χ3v) is 5.80. The SMILES string of the molecule is Cc1nn2c(=O)cc(CN3CCC[C@H]3c3cccs3)nc2s1. The second kappa shape index (κ2) is 5.57. The maximum absolute atomic E-state index is 12.1. The van der Waals surface area contributed by atoms with Gasteiger partial charge in [0.2, 0.25) is 4.96 Å². The minimum absolute atomic E-state index is 0.0868. The summed E-state index contributed by atoms with van der Waals surface area (Å²) in [4.78, 5) is 21.3. The van der Waals surface area contributed by atoms with E-state index in [4.69, 9.17) is 0 Å². The number of hydrogen-bond acceptors (Lipinski definition) is 6. The fourth-order valence-corrected chi connectivity index (χ4v) is 4.72. The van der Waals surface area contributed by atoms with Crippen molar-refractivity contribution in [3.05, 3.63) is 49.5 Å². The Bertz CT molecular complexity index is 852. The van der Waals surface area contributed by atoms with Crippen molar-refractivity contribution in [1.82, 2.24) is 19.5 Å². The van der Waals surface area contributed by atoms with Crippen LogP contribution in [-0.4, -0.2) is 26.0 Å². The van der Waals surface area contributed by atoms with Crippen molar-refractivity contribution in [2.75, 3.05) is 6.54 Å². The number of hydrogen-bond donors (Lipinski definition) is 0. The zero-order valence-electron chi connectivity index (χ0n) is 12.2. The van der Waals surface area contributed by atoms with Crippen molar-refractivity contribution in [1.29, 1.82) is 0 Å². The fourth-order valence-electron chi connectivity index (χ4n) is 3.06. The summed E-state index contributed by atoms with van der Waals surface area (Å²) in [5.74, 6) is 0. The maximum Gasteiger partial charge on any atom is 0.275 e. The molecule has 0 aliphatic carbocycles. The molecular weight excluding hydrogens is 316 g/mol. The molecule has 0 unspecified atom stereocenters. The standard InChI is InChI=1S/C15H16N4OS2/c1-10-17-19-14(20)8-11(16-15(19)22-10)9-18-6-2-4-12(18)13-5-3-7-21-13/h3,5,7-8,12H,2,4,6,9H2,1H3/t12-/m0/s1. The zero-order chi connectivity index (χ0) is 15.1. The van der Waals surface area contributed by atoms with Crippen LogP contribution >= 0.6 is 22.7 Å². The van der Waals surface area contributed by atoms with E-state index in [-0.39, 0.29) is 5.56 Å². The van der Waals surface area contributed by atoms with Crippen molar-refractivity contribution in [3.8, 4) is 0 Å². The Morgan fingerprint density at radius 3 is 3.18 bits per heavy atom. The summed E-state index contributed by atoms with van der Waals surface area (Å²) in [5, 5.41) is 7.18. The quantitative estimate of drug-likeness (QED) is 0.740. The van der Waals surface area contributed by atoms with Gasteiger partial charge in [-0.25, -0.2) is 4.98 Å². The van der Waals surface area contributed by atoms with E-state index in [1.165, 1.54) is 33.6 Å². The first kappa shape index (κ1) is 14.0. The van der Waals surface area contributed by atoms with Gasteiger partial charge in [-0.15, -0.1) is 11.3 Å². The molecule has 1 aliphatic heterocycles. The van der Waals surface area contributed by atoms with Crippen LogP contribution in [0.4, 0.5) is 0 Å². The molecule has 3 aromatic rings. The number of aromatic nitrogens is 3. The van der Waals surface area contributed by atoms with Gasteiger partial charge in [-0.2, -0.15) is 9.61 Å². The number of thiophene rings is 1. The molecule has 0 saturated carbocycles. The van der Waals surface area contributed by atoms with Gasteiger partial charge in [0, 0.05) is 23.5 Å². The Morgan fingerprint density at radius 1 is 1.45 bits per heavy atom.